The van der Waals surface area contributed by atoms with Gasteiger partial charge in [0.05, 0.1) is 6.10 Å². The molecule has 1 aromatic rings. The van der Waals surface area contributed by atoms with Crippen LogP contribution in [0.2, 0.25) is 0 Å². The number of ether oxygens (including phenoxy) is 1. The molecule has 0 bridgehead atoms. The van der Waals surface area contributed by atoms with Crippen molar-refractivity contribution in [1.29, 1.82) is 0 Å². The van der Waals surface area contributed by atoms with E-state index in [-0.39, 0.29) is 6.10 Å². The second-order valence-corrected chi connectivity index (χ2v) is 5.05. The Balaban J connectivity index is 2.18. The normalized spacial score (nSPS) is 10.9. The number of hydrogen-bond acceptors (Lipinski definition) is 2. The summed E-state index contributed by atoms with van der Waals surface area (Å²) in [7, 11) is 0. The molecule has 1 aromatic carbocycles. The van der Waals surface area contributed by atoms with Crippen molar-refractivity contribution in [2.24, 2.45) is 0 Å². The predicted octanol–water partition coefficient (Wildman–Crippen LogP) is 4.14. The summed E-state index contributed by atoms with van der Waals surface area (Å²) in [6.45, 7) is 8.41. The van der Waals surface area contributed by atoms with Crippen LogP contribution in [0.5, 0.6) is 5.75 Å². The fraction of sp³-hybridized carbons (Fsp3) is 0.625. The summed E-state index contributed by atoms with van der Waals surface area (Å²) in [6.07, 6.45) is 5.51. The molecule has 102 valence electrons. The lowest BCUT2D eigenvalue weighted by Crippen LogP contribution is -2.14. The highest BCUT2D eigenvalue weighted by molar-refractivity contribution is 5.27. The predicted molar refractivity (Wildman–Crippen MR) is 78.1 cm³/mol. The van der Waals surface area contributed by atoms with Crippen molar-refractivity contribution in [2.45, 2.75) is 59.1 Å². The third-order valence-corrected chi connectivity index (χ3v) is 2.83. The zero-order chi connectivity index (χ0) is 13.2. The van der Waals surface area contributed by atoms with Crippen molar-refractivity contribution in [2.75, 3.05) is 6.54 Å². The lowest BCUT2D eigenvalue weighted by Gasteiger charge is -2.10. The lowest BCUT2D eigenvalue weighted by molar-refractivity contribution is 0.242. The number of hydrogen-bond donors (Lipinski definition) is 1. The van der Waals surface area contributed by atoms with Gasteiger partial charge in [-0.3, -0.25) is 0 Å². The van der Waals surface area contributed by atoms with Crippen LogP contribution in [0.15, 0.2) is 24.3 Å². The molecule has 1 N–H and O–H groups in total. The third kappa shape index (κ3) is 6.65. The van der Waals surface area contributed by atoms with E-state index in [1.165, 1.54) is 31.2 Å². The highest BCUT2D eigenvalue weighted by Crippen LogP contribution is 2.13. The molecule has 18 heavy (non-hydrogen) atoms. The molecule has 0 heterocycles. The fourth-order valence-electron chi connectivity index (χ4n) is 1.87. The monoisotopic (exact) mass is 249 g/mol. The summed E-state index contributed by atoms with van der Waals surface area (Å²) < 4.78 is 5.62. The maximum Gasteiger partial charge on any atom is 0.119 e. The van der Waals surface area contributed by atoms with Crippen LogP contribution in [0.4, 0.5) is 0 Å². The average molecular weight is 249 g/mol. The van der Waals surface area contributed by atoms with Gasteiger partial charge in [-0.15, -0.1) is 0 Å². The molecule has 0 atom stereocenters. The highest BCUT2D eigenvalue weighted by atomic mass is 16.5. The van der Waals surface area contributed by atoms with Gasteiger partial charge >= 0.3 is 0 Å². The molecule has 0 aromatic heterocycles. The molecular weight excluding hydrogens is 222 g/mol. The first-order valence-electron chi connectivity index (χ1n) is 7.18. The molecule has 1 rings (SSSR count). The van der Waals surface area contributed by atoms with E-state index < -0.39 is 0 Å². The van der Waals surface area contributed by atoms with Gasteiger partial charge in [-0.2, -0.15) is 0 Å². The molecule has 0 aliphatic heterocycles. The van der Waals surface area contributed by atoms with Crippen molar-refractivity contribution >= 4 is 0 Å². The number of rotatable bonds is 9. The Labute approximate surface area is 112 Å². The second kappa shape index (κ2) is 8.98. The van der Waals surface area contributed by atoms with Gasteiger partial charge in [0.15, 0.2) is 0 Å². The zero-order valence-electron chi connectivity index (χ0n) is 12.0. The van der Waals surface area contributed by atoms with Crippen LogP contribution in [0.3, 0.4) is 0 Å². The number of nitrogens with one attached hydrogen (secondary N) is 1. The van der Waals surface area contributed by atoms with E-state index >= 15 is 0 Å². The Hall–Kier alpha value is -1.02. The maximum absolute atomic E-state index is 5.62. The van der Waals surface area contributed by atoms with Crippen molar-refractivity contribution in [3.05, 3.63) is 29.8 Å². The minimum absolute atomic E-state index is 0.243. The molecule has 0 aliphatic carbocycles. The van der Waals surface area contributed by atoms with E-state index in [0.717, 1.165) is 18.8 Å². The van der Waals surface area contributed by atoms with E-state index in [1.54, 1.807) is 0 Å². The number of unbranched alkanes of at least 4 members (excludes halogenated alkanes) is 3. The van der Waals surface area contributed by atoms with E-state index in [4.69, 9.17) is 4.74 Å². The fourth-order valence-corrected chi connectivity index (χ4v) is 1.87. The first-order valence-corrected chi connectivity index (χ1v) is 7.18. The summed E-state index contributed by atoms with van der Waals surface area (Å²) >= 11 is 0. The van der Waals surface area contributed by atoms with Crippen molar-refractivity contribution in [1.82, 2.24) is 5.32 Å². The van der Waals surface area contributed by atoms with Crippen molar-refractivity contribution in [3.63, 3.8) is 0 Å². The smallest absolute Gasteiger partial charge is 0.119 e. The minimum atomic E-state index is 0.243. The minimum Gasteiger partial charge on any atom is -0.491 e. The first-order chi connectivity index (χ1) is 8.72. The van der Waals surface area contributed by atoms with Crippen molar-refractivity contribution in [3.8, 4) is 5.75 Å². The summed E-state index contributed by atoms with van der Waals surface area (Å²) in [5, 5.41) is 3.48. The van der Waals surface area contributed by atoms with Gasteiger partial charge < -0.3 is 10.1 Å². The Morgan fingerprint density at radius 1 is 1.06 bits per heavy atom. The van der Waals surface area contributed by atoms with Crippen LogP contribution in [-0.4, -0.2) is 12.6 Å². The Bertz CT molecular complexity index is 305. The van der Waals surface area contributed by atoms with Crippen LogP contribution in [0, 0.1) is 0 Å². The van der Waals surface area contributed by atoms with Crippen LogP contribution in [0.1, 0.15) is 52.0 Å². The summed E-state index contributed by atoms with van der Waals surface area (Å²) in [4.78, 5) is 0. The average Bonchev–Trinajstić information content (AvgIpc) is 2.35. The van der Waals surface area contributed by atoms with Crippen LogP contribution in [0.25, 0.3) is 0 Å². The summed E-state index contributed by atoms with van der Waals surface area (Å²) in [5.74, 6) is 0.955. The molecule has 2 nitrogen and oxygen atoms in total. The molecule has 0 amide bonds. The van der Waals surface area contributed by atoms with E-state index in [9.17, 15) is 0 Å². The van der Waals surface area contributed by atoms with Gasteiger partial charge in [-0.1, -0.05) is 38.3 Å². The van der Waals surface area contributed by atoms with Crippen LogP contribution >= 0.6 is 0 Å². The maximum atomic E-state index is 5.62. The molecule has 0 saturated heterocycles. The van der Waals surface area contributed by atoms with Gasteiger partial charge in [-0.25, -0.2) is 0 Å². The molecule has 0 fully saturated rings. The largest absolute Gasteiger partial charge is 0.491 e. The Morgan fingerprint density at radius 2 is 1.78 bits per heavy atom. The van der Waals surface area contributed by atoms with Gasteiger partial charge in [0, 0.05) is 6.54 Å². The van der Waals surface area contributed by atoms with Gasteiger partial charge in [-0.05, 0) is 44.5 Å². The first kappa shape index (κ1) is 15.0. The van der Waals surface area contributed by atoms with Gasteiger partial charge in [0.25, 0.3) is 0 Å². The van der Waals surface area contributed by atoms with E-state index in [2.05, 4.69) is 24.4 Å². The number of benzene rings is 1. The molecule has 0 unspecified atom stereocenters. The van der Waals surface area contributed by atoms with Gasteiger partial charge in [0.2, 0.25) is 0 Å². The Morgan fingerprint density at radius 3 is 2.39 bits per heavy atom. The molecule has 2 heteroatoms. The topological polar surface area (TPSA) is 21.3 Å². The highest BCUT2D eigenvalue weighted by Gasteiger charge is 1.98. The standard InChI is InChI=1S/C16H27NO/c1-4-5-6-7-12-17-13-15-8-10-16(11-9-15)18-14(2)3/h8-11,14,17H,4-7,12-13H2,1-3H3. The zero-order valence-corrected chi connectivity index (χ0v) is 12.0. The van der Waals surface area contributed by atoms with E-state index in [1.807, 2.05) is 26.0 Å². The van der Waals surface area contributed by atoms with E-state index in [0.29, 0.717) is 0 Å². The third-order valence-electron chi connectivity index (χ3n) is 2.83. The lowest BCUT2D eigenvalue weighted by atomic mass is 10.2. The van der Waals surface area contributed by atoms with Crippen LogP contribution in [-0.2, 0) is 6.54 Å². The summed E-state index contributed by atoms with van der Waals surface area (Å²) in [6, 6.07) is 8.37. The molecule has 0 aliphatic rings. The molecule has 0 radical (unpaired) electrons. The quantitative estimate of drug-likeness (QED) is 0.664. The Kier molecular flexibility index (Phi) is 7.51. The molecule has 0 saturated carbocycles. The molecular formula is C16H27NO. The summed E-state index contributed by atoms with van der Waals surface area (Å²) in [5.41, 5.74) is 1.32. The molecule has 0 spiro atoms. The van der Waals surface area contributed by atoms with Crippen molar-refractivity contribution < 1.29 is 4.74 Å². The second-order valence-electron chi connectivity index (χ2n) is 5.05. The van der Waals surface area contributed by atoms with Gasteiger partial charge in [0.1, 0.15) is 5.75 Å². The van der Waals surface area contributed by atoms with Crippen LogP contribution < -0.4 is 10.1 Å². The SMILES string of the molecule is CCCCCCNCc1ccc(OC(C)C)cc1.